The summed E-state index contributed by atoms with van der Waals surface area (Å²) in [6.45, 7) is 0. The molecule has 0 spiro atoms. The monoisotopic (exact) mass is 632 g/mol. The Morgan fingerprint density at radius 1 is 0.227 bits per heavy atom. The van der Waals surface area contributed by atoms with E-state index in [1.54, 1.807) is 0 Å². The lowest BCUT2D eigenvalue weighted by molar-refractivity contribution is 1.25. The van der Waals surface area contributed by atoms with E-state index in [0.717, 1.165) is 51.4 Å². The van der Waals surface area contributed by atoms with Crippen molar-refractivity contribution in [3.8, 4) is 0 Å². The van der Waals surface area contributed by atoms with E-state index in [0.29, 0.717) is 0 Å². The molecule has 0 N–H and O–H groups in total. The minimum absolute atomic E-state index is 1.16. The lowest BCUT2D eigenvalue weighted by atomic mass is 10.5. The molecule has 216 valence electrons. The zero-order valence-corrected chi connectivity index (χ0v) is 29.5. The van der Waals surface area contributed by atoms with Crippen LogP contribution in [0.1, 0.15) is 51.4 Å². The first-order valence-electron chi connectivity index (χ1n) is 16.7. The van der Waals surface area contributed by atoms with Gasteiger partial charge in [0.25, 0.3) is 0 Å². The molecular weight excluding hydrogens is 593 g/mol. The van der Waals surface area contributed by atoms with E-state index in [4.69, 9.17) is 0 Å². The summed E-state index contributed by atoms with van der Waals surface area (Å²) in [5.41, 5.74) is 0. The second kappa shape index (κ2) is 10.1. The van der Waals surface area contributed by atoms with Gasteiger partial charge in [-0.25, -0.2) is 0 Å². The van der Waals surface area contributed by atoms with Crippen LogP contribution in [0.15, 0.2) is 187 Å². The van der Waals surface area contributed by atoms with Gasteiger partial charge in [-0.2, -0.15) is 0 Å². The fourth-order valence-electron chi connectivity index (χ4n) is 11.5. The van der Waals surface area contributed by atoms with Crippen molar-refractivity contribution in [3.63, 3.8) is 0 Å². The molecule has 0 aromatic carbocycles. The molecule has 0 bridgehead atoms. The molecule has 9 aliphatic rings. The highest BCUT2D eigenvalue weighted by Gasteiger charge is 2.95. The van der Waals surface area contributed by atoms with E-state index >= 15 is 0 Å². The third kappa shape index (κ3) is 2.94. The quantitative estimate of drug-likeness (QED) is 0.234. The molecule has 0 saturated carbocycles. The van der Waals surface area contributed by atoms with Gasteiger partial charge < -0.3 is 0 Å². The zero-order chi connectivity index (χ0) is 29.2. The normalized spacial score (nSPS) is 28.4. The second-order valence-corrected chi connectivity index (χ2v) is 48.7. The van der Waals surface area contributed by atoms with Crippen molar-refractivity contribution in [2.45, 2.75) is 51.4 Å². The van der Waals surface area contributed by atoms with Gasteiger partial charge in [0.2, 0.25) is 0 Å². The van der Waals surface area contributed by atoms with Crippen LogP contribution in [0.3, 0.4) is 0 Å². The van der Waals surface area contributed by atoms with Crippen molar-refractivity contribution >= 4 is 28.4 Å². The summed E-state index contributed by atoms with van der Waals surface area (Å²) in [6, 6.07) is 0. The zero-order valence-electron chi connectivity index (χ0n) is 25.5. The van der Waals surface area contributed by atoms with Gasteiger partial charge >= 0.3 is 0 Å². The maximum Gasteiger partial charge on any atom is 0.110 e. The van der Waals surface area contributed by atoms with E-state index in [-0.39, 0.29) is 0 Å². The highest BCUT2D eigenvalue weighted by molar-refractivity contribution is 8.21. The van der Waals surface area contributed by atoms with Gasteiger partial charge in [0, 0.05) is 0 Å². The van der Waals surface area contributed by atoms with Crippen LogP contribution in [0.4, 0.5) is 0 Å². The summed E-state index contributed by atoms with van der Waals surface area (Å²) in [4.78, 5) is 0. The summed E-state index contributed by atoms with van der Waals surface area (Å²) in [7, 11) is -9.60. The van der Waals surface area contributed by atoms with Gasteiger partial charge in [0.05, 0.1) is 0 Å². The van der Waals surface area contributed by atoms with Crippen LogP contribution in [0.5, 0.6) is 0 Å². The molecule has 44 heavy (non-hydrogen) atoms. The van der Waals surface area contributed by atoms with Crippen LogP contribution in [0, 0.1) is 0 Å². The molecule has 4 heteroatoms. The fourth-order valence-corrected chi connectivity index (χ4v) is 140. The molecule has 0 nitrogen and oxygen atoms in total. The molecule has 0 aromatic rings. The maximum atomic E-state index is 2.69. The van der Waals surface area contributed by atoms with E-state index in [2.05, 4.69) is 146 Å². The SMILES string of the molecule is C1=CCC([Si]2(C3=CC=CC3)[Si](C3=CC=CC3)(C3=CC=CC3)[Si](C3=CC=CC3)(C3=CC=CC3)[Si]2(C2=CC=CC2)C2=CC=CC2)=C1. The molecule has 9 rings (SSSR count). The van der Waals surface area contributed by atoms with Crippen molar-refractivity contribution in [3.05, 3.63) is 187 Å². The molecule has 0 amide bonds. The summed E-state index contributed by atoms with van der Waals surface area (Å²) >= 11 is 0. The van der Waals surface area contributed by atoms with Crippen molar-refractivity contribution in [1.82, 2.24) is 0 Å². The summed E-state index contributed by atoms with van der Waals surface area (Å²) in [5, 5.41) is 15.2. The van der Waals surface area contributed by atoms with Crippen LogP contribution in [0.2, 0.25) is 0 Å². The van der Waals surface area contributed by atoms with Crippen LogP contribution < -0.4 is 0 Å². The Balaban J connectivity index is 1.54. The molecule has 1 heterocycles. The highest BCUT2D eigenvalue weighted by atomic mass is 30.2. The summed E-state index contributed by atoms with van der Waals surface area (Å²) < 4.78 is 0. The molecule has 0 atom stereocenters. The number of rotatable bonds is 8. The van der Waals surface area contributed by atoms with Crippen molar-refractivity contribution < 1.29 is 0 Å². The van der Waals surface area contributed by atoms with Crippen LogP contribution in [0.25, 0.3) is 0 Å². The molecular formula is C40H40Si4. The Kier molecular flexibility index (Phi) is 6.22. The van der Waals surface area contributed by atoms with Crippen LogP contribution in [-0.2, 0) is 0 Å². The standard InChI is InChI=1S/C40H40Si4/c1-2-18-33(17-1)41(34-19-3-4-20-34)42(35-21-5-6-22-35,36-23-7-8-24-36)44(39-29-13-14-30-39,40-31-15-16-32-40)43(41,37-25-9-10-26-37)38-27-11-12-28-38/h1-17,19,21,23,25,27,29,31H,18,20,22,24,26,28,30,32H2. The predicted octanol–water partition coefficient (Wildman–Crippen LogP) is 9.51. The molecule has 0 unspecified atom stereocenters. The average molecular weight is 633 g/mol. The third-order valence-electron chi connectivity index (χ3n) is 12.3. The molecule has 0 radical (unpaired) electrons. The molecule has 1 aliphatic heterocycles. The Hall–Kier alpha value is -3.29. The molecule has 8 aliphatic carbocycles. The number of hydrogen-bond acceptors (Lipinski definition) is 0. The van der Waals surface area contributed by atoms with Gasteiger partial charge in [-0.05, 0) is 51.4 Å². The minimum atomic E-state index is -2.40. The Bertz CT molecular complexity index is 1450. The van der Waals surface area contributed by atoms with Gasteiger partial charge in [-0.1, -0.05) is 187 Å². The smallest absolute Gasteiger partial charge is 0.0809 e. The second-order valence-electron chi connectivity index (χ2n) is 13.6. The first kappa shape index (κ1) is 27.1. The number of hydrogen-bond donors (Lipinski definition) is 0. The Morgan fingerprint density at radius 3 is 0.455 bits per heavy atom. The maximum absolute atomic E-state index is 2.69. The lowest BCUT2D eigenvalue weighted by Gasteiger charge is -2.82. The van der Waals surface area contributed by atoms with Gasteiger partial charge in [0.15, 0.2) is 0 Å². The van der Waals surface area contributed by atoms with Crippen molar-refractivity contribution in [2.24, 2.45) is 0 Å². The Morgan fingerprint density at radius 2 is 0.364 bits per heavy atom. The van der Waals surface area contributed by atoms with E-state index in [1.807, 2.05) is 41.6 Å². The number of allylic oxidation sites excluding steroid dienone is 32. The fraction of sp³-hybridized carbons (Fsp3) is 0.200. The largest absolute Gasteiger partial charge is 0.110 e. The molecule has 1 fully saturated rings. The minimum Gasteiger partial charge on any atom is -0.0809 e. The van der Waals surface area contributed by atoms with E-state index in [1.165, 1.54) is 0 Å². The van der Waals surface area contributed by atoms with Gasteiger partial charge in [0.1, 0.15) is 28.4 Å². The predicted molar refractivity (Wildman–Crippen MR) is 198 cm³/mol. The molecule has 1 saturated heterocycles. The third-order valence-corrected chi connectivity index (χ3v) is 92.4. The first-order chi connectivity index (χ1) is 21.8. The van der Waals surface area contributed by atoms with Gasteiger partial charge in [-0.15, -0.1) is 0 Å². The topological polar surface area (TPSA) is 0 Å². The van der Waals surface area contributed by atoms with Crippen LogP contribution >= 0.6 is 0 Å². The summed E-state index contributed by atoms with van der Waals surface area (Å²) in [5.74, 6) is 0. The van der Waals surface area contributed by atoms with Crippen LogP contribution in [-0.4, -0.2) is 28.4 Å². The van der Waals surface area contributed by atoms with E-state index < -0.39 is 28.4 Å². The average Bonchev–Trinajstić information content (AvgIpc) is 3.91. The van der Waals surface area contributed by atoms with Crippen molar-refractivity contribution in [1.29, 1.82) is 0 Å². The lowest BCUT2D eigenvalue weighted by Crippen LogP contribution is -3.10. The Labute approximate surface area is 266 Å². The summed E-state index contributed by atoms with van der Waals surface area (Å²) in [6.07, 6.45) is 70.5. The highest BCUT2D eigenvalue weighted by Crippen LogP contribution is 2.74. The van der Waals surface area contributed by atoms with Gasteiger partial charge in [-0.3, -0.25) is 0 Å². The van der Waals surface area contributed by atoms with E-state index in [9.17, 15) is 0 Å². The van der Waals surface area contributed by atoms with Crippen molar-refractivity contribution in [2.75, 3.05) is 0 Å². The molecule has 0 aromatic heterocycles. The first-order valence-corrected chi connectivity index (χ1v) is 28.7.